The van der Waals surface area contributed by atoms with Crippen LogP contribution in [0.3, 0.4) is 0 Å². The van der Waals surface area contributed by atoms with E-state index in [4.69, 9.17) is 4.98 Å². The molecule has 1 aliphatic carbocycles. The van der Waals surface area contributed by atoms with Gasteiger partial charge in [-0.3, -0.25) is 4.79 Å². The Morgan fingerprint density at radius 1 is 1.13 bits per heavy atom. The van der Waals surface area contributed by atoms with E-state index in [0.29, 0.717) is 31.7 Å². The number of carbonyl (C=O) groups is 1. The molecule has 3 aliphatic rings. The normalized spacial score (nSPS) is 21.4. The molecule has 1 fully saturated rings. The molecule has 0 radical (unpaired) electrons. The van der Waals surface area contributed by atoms with E-state index >= 15 is 0 Å². The Bertz CT molecular complexity index is 1260. The van der Waals surface area contributed by atoms with E-state index in [1.165, 1.54) is 17.6 Å². The highest BCUT2D eigenvalue weighted by atomic mass is 32.2. The Morgan fingerprint density at radius 3 is 2.53 bits per heavy atom. The lowest BCUT2D eigenvalue weighted by atomic mass is 9.94. The third kappa shape index (κ3) is 5.37. The number of piperazine rings is 1. The number of allylic oxidation sites excluding steroid dienone is 2. The number of aliphatic hydroxyl groups excluding tert-OH is 1. The lowest BCUT2D eigenvalue weighted by Gasteiger charge is -2.32. The highest BCUT2D eigenvalue weighted by Gasteiger charge is 2.40. The summed E-state index contributed by atoms with van der Waals surface area (Å²) in [4.78, 5) is 22.8. The number of hydrogen-bond donors (Lipinski definition) is 1. The molecule has 8 heteroatoms. The number of fused-ring (bicyclic) bond motifs is 1. The largest absolute Gasteiger partial charge is 0.396 e. The molecular formula is C30H40N4O3S. The van der Waals surface area contributed by atoms with Crippen molar-refractivity contribution in [2.75, 3.05) is 39.8 Å². The van der Waals surface area contributed by atoms with Gasteiger partial charge in [0.1, 0.15) is 16.7 Å². The molecule has 7 nitrogen and oxygen atoms in total. The van der Waals surface area contributed by atoms with Crippen molar-refractivity contribution in [3.63, 3.8) is 0 Å². The van der Waals surface area contributed by atoms with E-state index in [-0.39, 0.29) is 18.6 Å². The minimum Gasteiger partial charge on any atom is -0.396 e. The molecule has 1 aromatic heterocycles. The van der Waals surface area contributed by atoms with Gasteiger partial charge in [0.25, 0.3) is 5.91 Å². The molecule has 3 heterocycles. The summed E-state index contributed by atoms with van der Waals surface area (Å²) >= 11 is 0. The van der Waals surface area contributed by atoms with Gasteiger partial charge in [-0.15, -0.1) is 0 Å². The first-order chi connectivity index (χ1) is 18.2. The molecule has 0 saturated carbocycles. The van der Waals surface area contributed by atoms with Gasteiger partial charge in [0, 0.05) is 50.5 Å². The Hall–Kier alpha value is -2.39. The van der Waals surface area contributed by atoms with Gasteiger partial charge in [0.2, 0.25) is 0 Å². The summed E-state index contributed by atoms with van der Waals surface area (Å²) in [5.41, 5.74) is 6.70. The van der Waals surface area contributed by atoms with Crippen molar-refractivity contribution in [2.45, 2.75) is 63.8 Å². The van der Waals surface area contributed by atoms with E-state index in [1.807, 2.05) is 36.0 Å². The summed E-state index contributed by atoms with van der Waals surface area (Å²) in [5, 5.41) is 10.0. The first-order valence-electron chi connectivity index (χ1n) is 13.8. The fraction of sp³-hybridized carbons (Fsp3) is 0.533. The maximum Gasteiger partial charge on any atom is 0.272 e. The SMILES string of the molecule is CN1CCN(C(=O)c2cc3c(c(-c4cccc(C5=CCCC5)c4)n2)[C@@H](CCO)N([S@](=O)C(C)(C)C)C3)CC1. The summed E-state index contributed by atoms with van der Waals surface area (Å²) < 4.78 is 15.2. The van der Waals surface area contributed by atoms with Crippen LogP contribution in [0, 0.1) is 0 Å². The van der Waals surface area contributed by atoms with Gasteiger partial charge >= 0.3 is 0 Å². The second kappa shape index (κ2) is 11.0. The molecular weight excluding hydrogens is 496 g/mol. The third-order valence-electron chi connectivity index (χ3n) is 7.85. The molecule has 38 heavy (non-hydrogen) atoms. The van der Waals surface area contributed by atoms with Gasteiger partial charge in [-0.2, -0.15) is 0 Å². The average Bonchev–Trinajstić information content (AvgIpc) is 3.56. The van der Waals surface area contributed by atoms with Crippen molar-refractivity contribution in [3.8, 4) is 11.3 Å². The fourth-order valence-corrected chi connectivity index (χ4v) is 7.17. The van der Waals surface area contributed by atoms with Gasteiger partial charge < -0.3 is 14.9 Å². The van der Waals surface area contributed by atoms with Crippen LogP contribution in [-0.4, -0.2) is 78.9 Å². The first-order valence-corrected chi connectivity index (χ1v) is 14.9. The smallest absolute Gasteiger partial charge is 0.272 e. The van der Waals surface area contributed by atoms with Crippen molar-refractivity contribution < 1.29 is 14.1 Å². The minimum absolute atomic E-state index is 0.0176. The monoisotopic (exact) mass is 536 g/mol. The van der Waals surface area contributed by atoms with Crippen LogP contribution in [0.4, 0.5) is 0 Å². The highest BCUT2D eigenvalue weighted by Crippen LogP contribution is 2.44. The van der Waals surface area contributed by atoms with Crippen molar-refractivity contribution in [1.82, 2.24) is 19.1 Å². The van der Waals surface area contributed by atoms with E-state index in [0.717, 1.165) is 48.3 Å². The molecule has 204 valence electrons. The number of carbonyl (C=O) groups excluding carboxylic acids is 1. The van der Waals surface area contributed by atoms with Gasteiger partial charge in [-0.05, 0) is 82.3 Å². The van der Waals surface area contributed by atoms with Crippen LogP contribution < -0.4 is 0 Å². The molecule has 0 unspecified atom stereocenters. The zero-order valence-electron chi connectivity index (χ0n) is 23.1. The summed E-state index contributed by atoms with van der Waals surface area (Å²) in [5.74, 6) is -0.0501. The van der Waals surface area contributed by atoms with Gasteiger partial charge in [0.05, 0.1) is 16.5 Å². The highest BCUT2D eigenvalue weighted by molar-refractivity contribution is 7.84. The molecule has 2 atom stereocenters. The summed E-state index contributed by atoms with van der Waals surface area (Å²) in [6, 6.07) is 10.1. The summed E-state index contributed by atoms with van der Waals surface area (Å²) in [6.45, 7) is 9.42. The van der Waals surface area contributed by atoms with Gasteiger partial charge in [-0.1, -0.05) is 24.3 Å². The quantitative estimate of drug-likeness (QED) is 0.592. The van der Waals surface area contributed by atoms with Crippen LogP contribution in [0.15, 0.2) is 36.4 Å². The Balaban J connectivity index is 1.63. The zero-order valence-corrected chi connectivity index (χ0v) is 23.9. The maximum atomic E-state index is 13.7. The Morgan fingerprint density at radius 2 is 1.87 bits per heavy atom. The van der Waals surface area contributed by atoms with Crippen molar-refractivity contribution in [3.05, 3.63) is 58.8 Å². The number of nitrogens with zero attached hydrogens (tertiary/aromatic N) is 4. The summed E-state index contributed by atoms with van der Waals surface area (Å²) in [7, 11) is 0.792. The lowest BCUT2D eigenvalue weighted by Crippen LogP contribution is -2.47. The minimum atomic E-state index is -1.28. The number of amides is 1. The van der Waals surface area contributed by atoms with E-state index in [9.17, 15) is 14.1 Å². The van der Waals surface area contributed by atoms with Crippen LogP contribution in [0.5, 0.6) is 0 Å². The standard InChI is InChI=1S/C30H40N4O3S/c1-30(2,3)38(37)34-20-24-19-25(29(36)33-15-13-32(4)14-16-33)31-28(27(24)26(34)12-17-35)23-11-7-10-22(18-23)21-8-5-6-9-21/h7-8,10-11,18-19,26,35H,5-6,9,12-17,20H2,1-4H3/t26-,38-/m1/s1. The molecule has 1 aromatic carbocycles. The molecule has 2 aliphatic heterocycles. The molecule has 2 aromatic rings. The van der Waals surface area contributed by atoms with Crippen LogP contribution in [0.2, 0.25) is 0 Å². The van der Waals surface area contributed by atoms with Crippen LogP contribution in [0.25, 0.3) is 16.8 Å². The molecule has 5 rings (SSSR count). The second-order valence-electron chi connectivity index (χ2n) is 11.7. The predicted molar refractivity (Wildman–Crippen MR) is 153 cm³/mol. The molecule has 0 bridgehead atoms. The molecule has 1 saturated heterocycles. The zero-order chi connectivity index (χ0) is 27.0. The van der Waals surface area contributed by atoms with Gasteiger partial charge in [-0.25, -0.2) is 13.5 Å². The van der Waals surface area contributed by atoms with Gasteiger partial charge in [0.15, 0.2) is 0 Å². The number of hydrogen-bond acceptors (Lipinski definition) is 5. The Labute approximate surface area is 229 Å². The molecule has 1 N–H and O–H groups in total. The first kappa shape index (κ1) is 27.2. The van der Waals surface area contributed by atoms with E-state index < -0.39 is 15.7 Å². The molecule has 0 spiro atoms. The number of aliphatic hydroxyl groups is 1. The number of rotatable bonds is 6. The average molecular weight is 537 g/mol. The lowest BCUT2D eigenvalue weighted by molar-refractivity contribution is 0.0658. The van der Waals surface area contributed by atoms with Crippen molar-refractivity contribution in [2.24, 2.45) is 0 Å². The molecule has 1 amide bonds. The topological polar surface area (TPSA) is 77.0 Å². The maximum absolute atomic E-state index is 13.7. The number of likely N-dealkylation sites (N-methyl/N-ethyl adjacent to an activating group) is 1. The predicted octanol–water partition coefficient (Wildman–Crippen LogP) is 4.40. The van der Waals surface area contributed by atoms with Crippen molar-refractivity contribution in [1.29, 1.82) is 0 Å². The van der Waals surface area contributed by atoms with E-state index in [2.05, 4.69) is 42.3 Å². The van der Waals surface area contributed by atoms with Crippen LogP contribution >= 0.6 is 0 Å². The van der Waals surface area contributed by atoms with E-state index in [1.54, 1.807) is 0 Å². The van der Waals surface area contributed by atoms with Crippen LogP contribution in [0.1, 0.15) is 79.7 Å². The fourth-order valence-electron chi connectivity index (χ4n) is 5.77. The Kier molecular flexibility index (Phi) is 7.87. The number of pyridine rings is 1. The number of benzene rings is 1. The summed E-state index contributed by atoms with van der Waals surface area (Å²) in [6.07, 6.45) is 6.12. The van der Waals surface area contributed by atoms with Crippen molar-refractivity contribution >= 4 is 22.5 Å². The third-order valence-corrected chi connectivity index (χ3v) is 9.71. The van der Waals surface area contributed by atoms with Crippen LogP contribution in [-0.2, 0) is 17.5 Å². The number of aromatic nitrogens is 1. The second-order valence-corrected chi connectivity index (χ2v) is 13.9.